The first-order valence-electron chi connectivity index (χ1n) is 6.25. The fraction of sp³-hybridized carbons (Fsp3) is 0.188. The van der Waals surface area contributed by atoms with E-state index < -0.39 is 17.4 Å². The Hall–Kier alpha value is -2.43. The summed E-state index contributed by atoms with van der Waals surface area (Å²) in [5, 5.41) is 0. The lowest BCUT2D eigenvalue weighted by molar-refractivity contribution is 0.0990. The number of hydrogen-bond donors (Lipinski definition) is 0. The molecule has 2 rings (SSSR count). The first-order valence-corrected chi connectivity index (χ1v) is 6.25. The van der Waals surface area contributed by atoms with Gasteiger partial charge < -0.3 is 9.47 Å². The van der Waals surface area contributed by atoms with Gasteiger partial charge in [-0.25, -0.2) is 8.78 Å². The molecule has 0 unspecified atom stereocenters. The Kier molecular flexibility index (Phi) is 4.52. The van der Waals surface area contributed by atoms with E-state index in [0.717, 1.165) is 12.1 Å². The van der Waals surface area contributed by atoms with Crippen molar-refractivity contribution in [3.8, 4) is 11.5 Å². The summed E-state index contributed by atoms with van der Waals surface area (Å²) in [6, 6.07) is 8.10. The predicted molar refractivity (Wildman–Crippen MR) is 73.9 cm³/mol. The van der Waals surface area contributed by atoms with Gasteiger partial charge in [0.1, 0.15) is 11.6 Å². The highest BCUT2D eigenvalue weighted by Gasteiger charge is 2.16. The first kappa shape index (κ1) is 15.0. The second-order valence-electron chi connectivity index (χ2n) is 4.37. The highest BCUT2D eigenvalue weighted by molar-refractivity contribution is 5.98. The molecule has 3 nitrogen and oxygen atoms in total. The third-order valence-corrected chi connectivity index (χ3v) is 3.10. The molecule has 0 aliphatic rings. The molecular formula is C16H14F2O3. The Morgan fingerprint density at radius 1 is 1.00 bits per heavy atom. The van der Waals surface area contributed by atoms with E-state index >= 15 is 0 Å². The van der Waals surface area contributed by atoms with E-state index in [0.29, 0.717) is 17.1 Å². The van der Waals surface area contributed by atoms with Crippen LogP contribution in [-0.2, 0) is 6.42 Å². The van der Waals surface area contributed by atoms with Crippen LogP contribution in [0.2, 0.25) is 0 Å². The third kappa shape index (κ3) is 3.18. The summed E-state index contributed by atoms with van der Waals surface area (Å²) < 4.78 is 37.3. The zero-order valence-corrected chi connectivity index (χ0v) is 11.7. The molecule has 0 aliphatic heterocycles. The quantitative estimate of drug-likeness (QED) is 0.792. The maximum atomic E-state index is 13.6. The number of carbonyl (C=O) groups excluding carboxylic acids is 1. The number of hydrogen-bond acceptors (Lipinski definition) is 3. The Balaban J connectivity index is 2.29. The minimum Gasteiger partial charge on any atom is -0.493 e. The smallest absolute Gasteiger partial charge is 0.167 e. The molecule has 0 aliphatic carbocycles. The second-order valence-corrected chi connectivity index (χ2v) is 4.37. The fourth-order valence-corrected chi connectivity index (χ4v) is 1.97. The molecule has 2 aromatic rings. The summed E-state index contributed by atoms with van der Waals surface area (Å²) in [6.07, 6.45) is -0.353. The molecule has 0 fully saturated rings. The number of ketones is 1. The molecule has 0 radical (unpaired) electrons. The van der Waals surface area contributed by atoms with Crippen LogP contribution in [0.5, 0.6) is 11.5 Å². The molecule has 110 valence electrons. The van der Waals surface area contributed by atoms with Gasteiger partial charge in [0, 0.05) is 17.5 Å². The van der Waals surface area contributed by atoms with Gasteiger partial charge in [0.25, 0.3) is 0 Å². The van der Waals surface area contributed by atoms with E-state index in [4.69, 9.17) is 9.47 Å². The van der Waals surface area contributed by atoms with Crippen LogP contribution in [0.15, 0.2) is 36.4 Å². The lowest BCUT2D eigenvalue weighted by Gasteiger charge is -2.09. The zero-order valence-electron chi connectivity index (χ0n) is 11.7. The van der Waals surface area contributed by atoms with E-state index in [2.05, 4.69) is 0 Å². The van der Waals surface area contributed by atoms with Gasteiger partial charge in [0.15, 0.2) is 17.3 Å². The Bertz CT molecular complexity index is 648. The average Bonchev–Trinajstić information content (AvgIpc) is 2.50. The SMILES string of the molecule is COc1ccc(C(=O)Cc2c(F)cccc2F)cc1OC. The predicted octanol–water partition coefficient (Wildman–Crippen LogP) is 3.41. The van der Waals surface area contributed by atoms with Crippen LogP contribution in [0, 0.1) is 11.6 Å². The van der Waals surface area contributed by atoms with Crippen LogP contribution >= 0.6 is 0 Å². The molecule has 2 aromatic carbocycles. The monoisotopic (exact) mass is 292 g/mol. The number of carbonyl (C=O) groups is 1. The molecule has 0 bridgehead atoms. The fourth-order valence-electron chi connectivity index (χ4n) is 1.97. The van der Waals surface area contributed by atoms with Gasteiger partial charge in [-0.05, 0) is 30.3 Å². The Morgan fingerprint density at radius 3 is 2.19 bits per heavy atom. The minimum atomic E-state index is -0.733. The molecule has 5 heteroatoms. The number of rotatable bonds is 5. The highest BCUT2D eigenvalue weighted by Crippen LogP contribution is 2.28. The van der Waals surface area contributed by atoms with E-state index in [1.807, 2.05) is 0 Å². The number of Topliss-reactive ketones (excluding diaryl/α,β-unsaturated/α-hetero) is 1. The summed E-state index contributed by atoms with van der Waals surface area (Å²) in [7, 11) is 2.93. The van der Waals surface area contributed by atoms with Gasteiger partial charge >= 0.3 is 0 Å². The van der Waals surface area contributed by atoms with E-state index in [1.54, 1.807) is 6.07 Å². The van der Waals surface area contributed by atoms with Crippen molar-refractivity contribution in [3.05, 3.63) is 59.2 Å². The van der Waals surface area contributed by atoms with Crippen LogP contribution in [0.1, 0.15) is 15.9 Å². The van der Waals surface area contributed by atoms with E-state index in [-0.39, 0.29) is 12.0 Å². The number of benzene rings is 2. The Morgan fingerprint density at radius 2 is 1.62 bits per heavy atom. The highest BCUT2D eigenvalue weighted by atomic mass is 19.1. The topological polar surface area (TPSA) is 35.5 Å². The van der Waals surface area contributed by atoms with E-state index in [1.165, 1.54) is 32.4 Å². The van der Waals surface area contributed by atoms with Crippen molar-refractivity contribution in [1.29, 1.82) is 0 Å². The summed E-state index contributed by atoms with van der Waals surface area (Å²) in [6.45, 7) is 0. The van der Waals surface area contributed by atoms with Crippen molar-refractivity contribution in [1.82, 2.24) is 0 Å². The summed E-state index contributed by atoms with van der Waals surface area (Å²) in [5.74, 6) is -1.00. The minimum absolute atomic E-state index is 0.239. The number of ether oxygens (including phenoxy) is 2. The van der Waals surface area contributed by atoms with Gasteiger partial charge in [0.2, 0.25) is 0 Å². The summed E-state index contributed by atoms with van der Waals surface area (Å²) in [5.41, 5.74) is 0.0626. The molecule has 0 saturated carbocycles. The maximum absolute atomic E-state index is 13.6. The molecule has 0 N–H and O–H groups in total. The van der Waals surface area contributed by atoms with E-state index in [9.17, 15) is 13.6 Å². The van der Waals surface area contributed by atoms with Crippen molar-refractivity contribution in [2.24, 2.45) is 0 Å². The van der Waals surface area contributed by atoms with Crippen molar-refractivity contribution in [2.75, 3.05) is 14.2 Å². The second kappa shape index (κ2) is 6.35. The van der Waals surface area contributed by atoms with Crippen LogP contribution in [-0.4, -0.2) is 20.0 Å². The van der Waals surface area contributed by atoms with Crippen LogP contribution in [0.3, 0.4) is 0 Å². The van der Waals surface area contributed by atoms with Crippen LogP contribution < -0.4 is 9.47 Å². The normalized spacial score (nSPS) is 10.3. The van der Waals surface area contributed by atoms with Gasteiger partial charge in [-0.1, -0.05) is 6.07 Å². The largest absolute Gasteiger partial charge is 0.493 e. The maximum Gasteiger partial charge on any atom is 0.167 e. The lowest BCUT2D eigenvalue weighted by atomic mass is 10.0. The van der Waals surface area contributed by atoms with Crippen molar-refractivity contribution in [3.63, 3.8) is 0 Å². The summed E-state index contributed by atoms with van der Waals surface area (Å²) in [4.78, 5) is 12.2. The van der Waals surface area contributed by atoms with Crippen molar-refractivity contribution in [2.45, 2.75) is 6.42 Å². The molecule has 0 atom stereocenters. The lowest BCUT2D eigenvalue weighted by Crippen LogP contribution is -2.07. The molecule has 21 heavy (non-hydrogen) atoms. The molecule has 0 spiro atoms. The van der Waals surface area contributed by atoms with Crippen LogP contribution in [0.4, 0.5) is 8.78 Å². The third-order valence-electron chi connectivity index (χ3n) is 3.10. The molecule has 0 heterocycles. The van der Waals surface area contributed by atoms with Gasteiger partial charge in [-0.3, -0.25) is 4.79 Å². The molecule has 0 saturated heterocycles. The Labute approximate surface area is 121 Å². The first-order chi connectivity index (χ1) is 10.1. The van der Waals surface area contributed by atoms with Crippen molar-refractivity contribution < 1.29 is 23.0 Å². The van der Waals surface area contributed by atoms with Gasteiger partial charge in [-0.2, -0.15) is 0 Å². The standard InChI is InChI=1S/C16H14F2O3/c1-20-15-7-6-10(8-16(15)21-2)14(19)9-11-12(17)4-3-5-13(11)18/h3-8H,9H2,1-2H3. The van der Waals surface area contributed by atoms with Gasteiger partial charge in [-0.15, -0.1) is 0 Å². The number of methoxy groups -OCH3 is 2. The molecule has 0 aromatic heterocycles. The zero-order chi connectivity index (χ0) is 15.4. The average molecular weight is 292 g/mol. The van der Waals surface area contributed by atoms with Crippen molar-refractivity contribution >= 4 is 5.78 Å². The number of halogens is 2. The van der Waals surface area contributed by atoms with Gasteiger partial charge in [0.05, 0.1) is 14.2 Å². The summed E-state index contributed by atoms with van der Waals surface area (Å²) >= 11 is 0. The van der Waals surface area contributed by atoms with Crippen LogP contribution in [0.25, 0.3) is 0 Å². The molecular weight excluding hydrogens is 278 g/mol. The molecule has 0 amide bonds.